The molecular weight excluding hydrogens is 348 g/mol. The van der Waals surface area contributed by atoms with Gasteiger partial charge >= 0.3 is 0 Å². The smallest absolute Gasteiger partial charge is 0.243 e. The van der Waals surface area contributed by atoms with Gasteiger partial charge in [0.1, 0.15) is 0 Å². The average molecular weight is 370 g/mol. The van der Waals surface area contributed by atoms with Crippen molar-refractivity contribution in [3.63, 3.8) is 0 Å². The largest absolute Gasteiger partial charge is 0.326 e. The summed E-state index contributed by atoms with van der Waals surface area (Å²) < 4.78 is 28.0. The molecule has 0 aromatic heterocycles. The van der Waals surface area contributed by atoms with Crippen molar-refractivity contribution in [2.24, 2.45) is 0 Å². The molecule has 5 nitrogen and oxygen atoms in total. The molecule has 4 rings (SSSR count). The van der Waals surface area contributed by atoms with Gasteiger partial charge in [-0.25, -0.2) is 8.42 Å². The van der Waals surface area contributed by atoms with Gasteiger partial charge in [0.15, 0.2) is 0 Å². The average Bonchev–Trinajstić information content (AvgIpc) is 2.66. The number of aryl methyl sites for hydroxylation is 2. The van der Waals surface area contributed by atoms with E-state index in [4.69, 9.17) is 0 Å². The van der Waals surface area contributed by atoms with Crippen LogP contribution in [-0.4, -0.2) is 25.7 Å². The van der Waals surface area contributed by atoms with Gasteiger partial charge in [-0.15, -0.1) is 0 Å². The van der Waals surface area contributed by atoms with E-state index in [2.05, 4.69) is 11.4 Å². The Morgan fingerprint density at radius 3 is 2.69 bits per heavy atom. The number of carbonyl (C=O) groups excluding carboxylic acids is 1. The molecule has 6 heteroatoms. The van der Waals surface area contributed by atoms with Crippen molar-refractivity contribution in [3.05, 3.63) is 59.2 Å². The third kappa shape index (κ3) is 2.93. The fourth-order valence-electron chi connectivity index (χ4n) is 3.96. The molecule has 2 aromatic rings. The van der Waals surface area contributed by atoms with E-state index >= 15 is 0 Å². The second-order valence-electron chi connectivity index (χ2n) is 7.00. The van der Waals surface area contributed by atoms with E-state index in [1.165, 1.54) is 9.87 Å². The minimum Gasteiger partial charge on any atom is -0.326 e. The zero-order valence-corrected chi connectivity index (χ0v) is 15.6. The predicted octanol–water partition coefficient (Wildman–Crippen LogP) is 3.27. The Bertz CT molecular complexity index is 969. The van der Waals surface area contributed by atoms with Crippen LogP contribution in [0.5, 0.6) is 0 Å². The van der Waals surface area contributed by atoms with E-state index in [9.17, 15) is 13.2 Å². The number of sulfonamides is 1. The Kier molecular flexibility index (Phi) is 4.32. The van der Waals surface area contributed by atoms with Gasteiger partial charge in [-0.3, -0.25) is 4.79 Å². The topological polar surface area (TPSA) is 66.5 Å². The first kappa shape index (κ1) is 17.2. The minimum atomic E-state index is -3.61. The van der Waals surface area contributed by atoms with Crippen LogP contribution < -0.4 is 5.32 Å². The maximum Gasteiger partial charge on any atom is 0.243 e. The number of benzene rings is 2. The standard InChI is InChI=1S/C20H22N2O3S/c1-22(19-8-4-6-14-5-2-3-7-17(14)19)26(24,25)16-10-11-18-15(13-16)9-12-20(23)21-18/h2-3,5,7,10-11,13,19H,4,6,8-9,12H2,1H3,(H,21,23). The molecule has 0 fully saturated rings. The number of nitrogens with zero attached hydrogens (tertiary/aromatic N) is 1. The number of hydrogen-bond acceptors (Lipinski definition) is 3. The maximum absolute atomic E-state index is 13.2. The van der Waals surface area contributed by atoms with Crippen molar-refractivity contribution < 1.29 is 13.2 Å². The van der Waals surface area contributed by atoms with Gasteiger partial charge in [0.05, 0.1) is 4.90 Å². The van der Waals surface area contributed by atoms with Crippen molar-refractivity contribution in [1.29, 1.82) is 0 Å². The van der Waals surface area contributed by atoms with E-state index in [1.54, 1.807) is 25.2 Å². The van der Waals surface area contributed by atoms with Gasteiger partial charge in [-0.05, 0) is 60.6 Å². The molecule has 1 aliphatic heterocycles. The lowest BCUT2D eigenvalue weighted by Crippen LogP contribution is -2.33. The zero-order valence-electron chi connectivity index (χ0n) is 14.7. The van der Waals surface area contributed by atoms with Crippen LogP contribution >= 0.6 is 0 Å². The number of carbonyl (C=O) groups is 1. The molecular formula is C20H22N2O3S. The van der Waals surface area contributed by atoms with Crippen LogP contribution in [0.2, 0.25) is 0 Å². The highest BCUT2D eigenvalue weighted by atomic mass is 32.2. The molecule has 1 N–H and O–H groups in total. The molecule has 1 atom stereocenters. The van der Waals surface area contributed by atoms with Crippen molar-refractivity contribution in [1.82, 2.24) is 4.31 Å². The normalized spacial score (nSPS) is 19.6. The van der Waals surface area contributed by atoms with Crippen LogP contribution in [0.3, 0.4) is 0 Å². The quantitative estimate of drug-likeness (QED) is 0.902. The molecule has 136 valence electrons. The molecule has 0 saturated carbocycles. The molecule has 1 unspecified atom stereocenters. The highest BCUT2D eigenvalue weighted by Crippen LogP contribution is 2.37. The lowest BCUT2D eigenvalue weighted by molar-refractivity contribution is -0.116. The maximum atomic E-state index is 13.2. The number of fused-ring (bicyclic) bond motifs is 2. The molecule has 2 aliphatic rings. The summed E-state index contributed by atoms with van der Waals surface area (Å²) in [5, 5.41) is 2.80. The summed E-state index contributed by atoms with van der Waals surface area (Å²) in [5.41, 5.74) is 3.93. The van der Waals surface area contributed by atoms with Crippen LogP contribution in [-0.2, 0) is 27.7 Å². The summed E-state index contributed by atoms with van der Waals surface area (Å²) in [7, 11) is -1.94. The van der Waals surface area contributed by atoms with E-state index in [0.717, 1.165) is 30.4 Å². The summed E-state index contributed by atoms with van der Waals surface area (Å²) in [6, 6.07) is 13.0. The third-order valence-corrected chi connectivity index (χ3v) is 7.29. The fourth-order valence-corrected chi connectivity index (χ4v) is 5.38. The van der Waals surface area contributed by atoms with Crippen molar-refractivity contribution in [2.75, 3.05) is 12.4 Å². The monoisotopic (exact) mass is 370 g/mol. The van der Waals surface area contributed by atoms with Crippen LogP contribution in [0, 0.1) is 0 Å². The minimum absolute atomic E-state index is 0.0240. The Balaban J connectivity index is 1.68. The molecule has 1 aliphatic carbocycles. The molecule has 1 amide bonds. The summed E-state index contributed by atoms with van der Waals surface area (Å²) in [6.45, 7) is 0. The number of anilines is 1. The Hall–Kier alpha value is -2.18. The Morgan fingerprint density at radius 1 is 1.04 bits per heavy atom. The first-order chi connectivity index (χ1) is 12.5. The van der Waals surface area contributed by atoms with Gasteiger partial charge in [0.2, 0.25) is 15.9 Å². The molecule has 26 heavy (non-hydrogen) atoms. The second kappa shape index (κ2) is 6.52. The molecule has 0 spiro atoms. The number of rotatable bonds is 3. The van der Waals surface area contributed by atoms with Gasteiger partial charge in [-0.1, -0.05) is 24.3 Å². The summed E-state index contributed by atoms with van der Waals surface area (Å²) in [5.74, 6) is -0.0240. The Morgan fingerprint density at radius 2 is 1.85 bits per heavy atom. The van der Waals surface area contributed by atoms with Crippen molar-refractivity contribution in [3.8, 4) is 0 Å². The molecule has 2 aromatic carbocycles. The third-order valence-electron chi connectivity index (χ3n) is 5.43. The second-order valence-corrected chi connectivity index (χ2v) is 8.99. The summed E-state index contributed by atoms with van der Waals surface area (Å²) in [4.78, 5) is 11.8. The van der Waals surface area contributed by atoms with E-state index in [1.807, 2.05) is 18.2 Å². The van der Waals surface area contributed by atoms with E-state index in [0.29, 0.717) is 18.5 Å². The van der Waals surface area contributed by atoms with E-state index in [-0.39, 0.29) is 16.8 Å². The Labute approximate surface area is 154 Å². The first-order valence-electron chi connectivity index (χ1n) is 8.95. The number of hydrogen-bond donors (Lipinski definition) is 1. The first-order valence-corrected chi connectivity index (χ1v) is 10.4. The van der Waals surface area contributed by atoms with Crippen LogP contribution in [0.25, 0.3) is 0 Å². The van der Waals surface area contributed by atoms with Gasteiger partial charge in [-0.2, -0.15) is 4.31 Å². The lowest BCUT2D eigenvalue weighted by Gasteiger charge is -2.32. The van der Waals surface area contributed by atoms with Gasteiger partial charge in [0.25, 0.3) is 0 Å². The van der Waals surface area contributed by atoms with Crippen molar-refractivity contribution in [2.45, 2.75) is 43.0 Å². The summed E-state index contributed by atoms with van der Waals surface area (Å²) >= 11 is 0. The predicted molar refractivity (Wildman–Crippen MR) is 100 cm³/mol. The zero-order chi connectivity index (χ0) is 18.3. The van der Waals surface area contributed by atoms with E-state index < -0.39 is 10.0 Å². The van der Waals surface area contributed by atoms with Crippen LogP contribution in [0.15, 0.2) is 47.4 Å². The highest BCUT2D eigenvalue weighted by Gasteiger charge is 2.32. The van der Waals surface area contributed by atoms with Gasteiger partial charge in [0, 0.05) is 25.2 Å². The molecule has 0 saturated heterocycles. The van der Waals surface area contributed by atoms with Gasteiger partial charge < -0.3 is 5.32 Å². The van der Waals surface area contributed by atoms with Crippen molar-refractivity contribution >= 4 is 21.6 Å². The highest BCUT2D eigenvalue weighted by molar-refractivity contribution is 7.89. The fraction of sp³-hybridized carbons (Fsp3) is 0.350. The molecule has 1 heterocycles. The molecule has 0 bridgehead atoms. The van der Waals surface area contributed by atoms with Crippen LogP contribution in [0.1, 0.15) is 42.0 Å². The lowest BCUT2D eigenvalue weighted by atomic mass is 9.88. The summed E-state index contributed by atoms with van der Waals surface area (Å²) in [6.07, 6.45) is 3.77. The number of nitrogens with one attached hydrogen (secondary N) is 1. The van der Waals surface area contributed by atoms with Crippen LogP contribution in [0.4, 0.5) is 5.69 Å². The SMILES string of the molecule is CN(C1CCCc2ccccc21)S(=O)(=O)c1ccc2c(c1)CCC(=O)N2. The number of amides is 1. The molecule has 0 radical (unpaired) electrons.